The highest BCUT2D eigenvalue weighted by atomic mass is 32.2. The first-order valence-corrected chi connectivity index (χ1v) is 8.37. The van der Waals surface area contributed by atoms with E-state index in [9.17, 15) is 4.79 Å². The van der Waals surface area contributed by atoms with E-state index in [1.807, 2.05) is 25.9 Å². The Hall–Kier alpha value is -1.00. The second kappa shape index (κ2) is 6.64. The van der Waals surface area contributed by atoms with Crippen molar-refractivity contribution in [1.29, 1.82) is 0 Å². The number of rotatable bonds is 4. The molecular weight excluding hydrogens is 268 g/mol. The molecule has 0 saturated heterocycles. The first-order chi connectivity index (χ1) is 9.51. The third-order valence-corrected chi connectivity index (χ3v) is 4.98. The van der Waals surface area contributed by atoms with Gasteiger partial charge in [0, 0.05) is 32.4 Å². The maximum atomic E-state index is 11.8. The Morgan fingerprint density at radius 1 is 1.40 bits per heavy atom. The van der Waals surface area contributed by atoms with Crippen molar-refractivity contribution in [2.75, 3.05) is 33.4 Å². The number of carbonyl (C=O) groups is 1. The molecule has 0 saturated carbocycles. The Labute approximate surface area is 126 Å². The molecule has 1 aliphatic rings. The summed E-state index contributed by atoms with van der Waals surface area (Å²) in [7, 11) is 3.64. The molecule has 3 nitrogen and oxygen atoms in total. The molecule has 0 spiro atoms. The summed E-state index contributed by atoms with van der Waals surface area (Å²) in [5, 5.41) is 0.527. The van der Waals surface area contributed by atoms with Crippen molar-refractivity contribution in [2.24, 2.45) is 0 Å². The second-order valence-corrected chi connectivity index (χ2v) is 6.83. The van der Waals surface area contributed by atoms with Crippen molar-refractivity contribution < 1.29 is 4.79 Å². The summed E-state index contributed by atoms with van der Waals surface area (Å²) in [6.45, 7) is 4.63. The van der Waals surface area contributed by atoms with E-state index < -0.39 is 0 Å². The molecule has 0 bridgehead atoms. The molecule has 20 heavy (non-hydrogen) atoms. The third kappa shape index (κ3) is 3.55. The van der Waals surface area contributed by atoms with Crippen LogP contribution in [0.25, 0.3) is 0 Å². The van der Waals surface area contributed by atoms with Gasteiger partial charge in [0.05, 0.1) is 6.54 Å². The van der Waals surface area contributed by atoms with Gasteiger partial charge in [0.1, 0.15) is 0 Å². The topological polar surface area (TPSA) is 23.6 Å². The number of carbonyl (C=O) groups excluding carboxylic acids is 1. The average Bonchev–Trinajstić information content (AvgIpc) is 2.45. The molecule has 1 amide bonds. The molecule has 2 rings (SSSR count). The van der Waals surface area contributed by atoms with Crippen molar-refractivity contribution in [3.8, 4) is 0 Å². The van der Waals surface area contributed by atoms with Crippen LogP contribution < -0.4 is 0 Å². The number of benzene rings is 1. The summed E-state index contributed by atoms with van der Waals surface area (Å²) in [4.78, 5) is 15.7. The van der Waals surface area contributed by atoms with Crippen LogP contribution in [0.2, 0.25) is 0 Å². The molecule has 110 valence electrons. The van der Waals surface area contributed by atoms with Gasteiger partial charge in [-0.25, -0.2) is 0 Å². The fraction of sp³-hybridized carbons (Fsp3) is 0.562. The van der Waals surface area contributed by atoms with Crippen LogP contribution in [0.1, 0.15) is 28.9 Å². The van der Waals surface area contributed by atoms with Crippen LogP contribution >= 0.6 is 11.8 Å². The number of likely N-dealkylation sites (N-methyl/N-ethyl adjacent to an activating group) is 1. The van der Waals surface area contributed by atoms with Gasteiger partial charge in [-0.1, -0.05) is 18.2 Å². The first kappa shape index (κ1) is 15.4. The van der Waals surface area contributed by atoms with Gasteiger partial charge in [-0.3, -0.25) is 9.69 Å². The molecule has 1 aromatic carbocycles. The maximum absolute atomic E-state index is 11.8. The zero-order valence-corrected chi connectivity index (χ0v) is 13.7. The van der Waals surface area contributed by atoms with E-state index in [2.05, 4.69) is 36.3 Å². The van der Waals surface area contributed by atoms with Crippen LogP contribution in [-0.2, 0) is 17.8 Å². The lowest BCUT2D eigenvalue weighted by molar-refractivity contribution is -0.130. The highest BCUT2D eigenvalue weighted by Crippen LogP contribution is 2.29. The van der Waals surface area contributed by atoms with Crippen molar-refractivity contribution in [1.82, 2.24) is 9.80 Å². The zero-order chi connectivity index (χ0) is 14.7. The van der Waals surface area contributed by atoms with Crippen LogP contribution in [0.3, 0.4) is 0 Å². The minimum absolute atomic E-state index is 0.182. The Balaban J connectivity index is 2.10. The predicted molar refractivity (Wildman–Crippen MR) is 86.0 cm³/mol. The van der Waals surface area contributed by atoms with E-state index in [0.717, 1.165) is 19.5 Å². The second-order valence-electron chi connectivity index (χ2n) is 5.65. The number of hydrogen-bond acceptors (Lipinski definition) is 3. The number of nitrogens with zero attached hydrogens (tertiary/aromatic N) is 2. The number of fused-ring (bicyclic) bond motifs is 1. The van der Waals surface area contributed by atoms with Crippen LogP contribution in [0.15, 0.2) is 18.2 Å². The largest absolute Gasteiger partial charge is 0.348 e. The fourth-order valence-corrected chi connectivity index (χ4v) is 2.91. The molecule has 1 aromatic rings. The normalized spacial score (nSPS) is 16.6. The lowest BCUT2D eigenvalue weighted by Gasteiger charge is -2.29. The fourth-order valence-electron chi connectivity index (χ4n) is 2.49. The van der Waals surface area contributed by atoms with Gasteiger partial charge in [0.2, 0.25) is 5.91 Å². The highest BCUT2D eigenvalue weighted by Gasteiger charge is 2.20. The molecular formula is C16H24N2OS. The third-order valence-electron chi connectivity index (χ3n) is 4.00. The van der Waals surface area contributed by atoms with Crippen LogP contribution in [0.4, 0.5) is 0 Å². The van der Waals surface area contributed by atoms with Crippen molar-refractivity contribution >= 4 is 17.7 Å². The van der Waals surface area contributed by atoms with Gasteiger partial charge in [-0.05, 0) is 36.3 Å². The summed E-state index contributed by atoms with van der Waals surface area (Å²) in [5.74, 6) is 0.182. The first-order valence-electron chi connectivity index (χ1n) is 7.08. The molecule has 1 atom stereocenters. The Morgan fingerprint density at radius 2 is 2.15 bits per heavy atom. The summed E-state index contributed by atoms with van der Waals surface area (Å²) in [6, 6.07) is 6.84. The SMILES string of the molecule is CSC(C)c1ccc2c(c1)CN(CC(=O)N(C)C)CC2. The summed E-state index contributed by atoms with van der Waals surface area (Å²) in [6.07, 6.45) is 3.19. The van der Waals surface area contributed by atoms with Gasteiger partial charge in [-0.2, -0.15) is 11.8 Å². The van der Waals surface area contributed by atoms with Gasteiger partial charge >= 0.3 is 0 Å². The van der Waals surface area contributed by atoms with E-state index >= 15 is 0 Å². The summed E-state index contributed by atoms with van der Waals surface area (Å²) >= 11 is 1.87. The van der Waals surface area contributed by atoms with E-state index in [0.29, 0.717) is 11.8 Å². The van der Waals surface area contributed by atoms with E-state index in [1.165, 1.54) is 16.7 Å². The molecule has 0 fully saturated rings. The molecule has 1 heterocycles. The number of thioether (sulfide) groups is 1. The summed E-state index contributed by atoms with van der Waals surface area (Å²) in [5.41, 5.74) is 4.22. The standard InChI is InChI=1S/C16H24N2OS/c1-12(20-4)14-6-5-13-7-8-18(10-15(13)9-14)11-16(19)17(2)3/h5-6,9,12H,7-8,10-11H2,1-4H3. The molecule has 1 unspecified atom stereocenters. The van der Waals surface area contributed by atoms with E-state index in [1.54, 1.807) is 4.90 Å². The lowest BCUT2D eigenvalue weighted by Crippen LogP contribution is -2.39. The van der Waals surface area contributed by atoms with Crippen molar-refractivity contribution in [3.05, 3.63) is 34.9 Å². The van der Waals surface area contributed by atoms with Crippen LogP contribution in [0, 0.1) is 0 Å². The van der Waals surface area contributed by atoms with Gasteiger partial charge in [-0.15, -0.1) is 0 Å². The number of hydrogen-bond donors (Lipinski definition) is 0. The molecule has 0 aliphatic carbocycles. The van der Waals surface area contributed by atoms with E-state index in [-0.39, 0.29) is 5.91 Å². The Bertz CT molecular complexity index is 487. The molecule has 4 heteroatoms. The maximum Gasteiger partial charge on any atom is 0.236 e. The minimum Gasteiger partial charge on any atom is -0.348 e. The van der Waals surface area contributed by atoms with Gasteiger partial charge in [0.25, 0.3) is 0 Å². The van der Waals surface area contributed by atoms with Gasteiger partial charge < -0.3 is 4.90 Å². The van der Waals surface area contributed by atoms with E-state index in [4.69, 9.17) is 0 Å². The highest BCUT2D eigenvalue weighted by molar-refractivity contribution is 7.98. The smallest absolute Gasteiger partial charge is 0.236 e. The molecule has 0 N–H and O–H groups in total. The monoisotopic (exact) mass is 292 g/mol. The molecule has 1 aliphatic heterocycles. The van der Waals surface area contributed by atoms with Gasteiger partial charge in [0.15, 0.2) is 0 Å². The Morgan fingerprint density at radius 3 is 2.80 bits per heavy atom. The lowest BCUT2D eigenvalue weighted by atomic mass is 9.96. The van der Waals surface area contributed by atoms with Crippen molar-refractivity contribution in [3.63, 3.8) is 0 Å². The summed E-state index contributed by atoms with van der Waals surface area (Å²) < 4.78 is 0. The quantitative estimate of drug-likeness (QED) is 0.852. The molecule has 0 radical (unpaired) electrons. The minimum atomic E-state index is 0.182. The zero-order valence-electron chi connectivity index (χ0n) is 12.8. The predicted octanol–water partition coefficient (Wildman–Crippen LogP) is 2.56. The van der Waals surface area contributed by atoms with Crippen LogP contribution in [0.5, 0.6) is 0 Å². The van der Waals surface area contributed by atoms with Crippen LogP contribution in [-0.4, -0.2) is 49.1 Å². The Kier molecular flexibility index (Phi) is 5.11. The van der Waals surface area contributed by atoms with Crippen molar-refractivity contribution in [2.45, 2.75) is 25.1 Å². The molecule has 0 aromatic heterocycles. The average molecular weight is 292 g/mol. The number of amides is 1.